The molecular weight excluding hydrogens is 687 g/mol. The highest BCUT2D eigenvalue weighted by molar-refractivity contribution is 7.79. The predicted molar refractivity (Wildman–Crippen MR) is 241 cm³/mol. The Hall–Kier alpha value is -6.23. The highest BCUT2D eigenvalue weighted by atomic mass is 32.1. The summed E-state index contributed by atoms with van der Waals surface area (Å²) in [4.78, 5) is 5.11. The van der Waals surface area contributed by atoms with Gasteiger partial charge in [-0.3, -0.25) is 4.99 Å². The Labute approximate surface area is 330 Å². The minimum absolute atomic E-state index is 0.118. The highest BCUT2D eigenvalue weighted by Gasteiger charge is 2.37. The molecule has 0 unspecified atom stereocenters. The van der Waals surface area contributed by atoms with E-state index in [2.05, 4.69) is 142 Å². The Morgan fingerprint density at radius 2 is 1.36 bits per heavy atom. The molecular formula is C51H45N3S. The van der Waals surface area contributed by atoms with Crippen LogP contribution in [0.3, 0.4) is 0 Å². The van der Waals surface area contributed by atoms with Gasteiger partial charge in [-0.25, -0.2) is 0 Å². The molecule has 8 rings (SSSR count). The van der Waals surface area contributed by atoms with Crippen LogP contribution in [0.2, 0.25) is 0 Å². The maximum atomic E-state index is 8.90. The summed E-state index contributed by atoms with van der Waals surface area (Å²) in [7, 11) is 0. The number of fused-ring (bicyclic) bond motifs is 4. The van der Waals surface area contributed by atoms with E-state index in [0.717, 1.165) is 49.9 Å². The number of rotatable bonds is 8. The van der Waals surface area contributed by atoms with E-state index in [1.54, 1.807) is 6.26 Å². The van der Waals surface area contributed by atoms with Crippen LogP contribution in [0.1, 0.15) is 48.6 Å². The Bertz CT molecular complexity index is 2660. The van der Waals surface area contributed by atoms with E-state index in [1.165, 1.54) is 33.4 Å². The minimum atomic E-state index is -0.118. The van der Waals surface area contributed by atoms with Gasteiger partial charge in [0.1, 0.15) is 0 Å². The molecule has 1 heterocycles. The number of aliphatic imine (C=N–C) groups is 1. The largest absolute Gasteiger partial charge is 0.309 e. The lowest BCUT2D eigenvalue weighted by Gasteiger charge is -2.22. The van der Waals surface area contributed by atoms with Crippen molar-refractivity contribution in [3.05, 3.63) is 210 Å². The molecule has 4 heteroatoms. The van der Waals surface area contributed by atoms with Crippen LogP contribution in [0, 0.1) is 5.41 Å². The molecule has 0 saturated heterocycles. The summed E-state index contributed by atoms with van der Waals surface area (Å²) in [5.74, 6) is 0. The zero-order valence-electron chi connectivity index (χ0n) is 31.8. The van der Waals surface area contributed by atoms with Gasteiger partial charge in [-0.1, -0.05) is 148 Å². The van der Waals surface area contributed by atoms with E-state index in [4.69, 9.17) is 10.4 Å². The van der Waals surface area contributed by atoms with Crippen LogP contribution >= 0.6 is 12.6 Å². The summed E-state index contributed by atoms with van der Waals surface area (Å²) < 4.78 is 2.35. The molecule has 1 N–H and O–H groups in total. The number of para-hydroxylation sites is 1. The second-order valence-electron chi connectivity index (χ2n) is 14.0. The summed E-state index contributed by atoms with van der Waals surface area (Å²) in [6.45, 7) is 10.8. The molecule has 7 aromatic rings. The first-order valence-electron chi connectivity index (χ1n) is 18.6. The first-order valence-corrected chi connectivity index (χ1v) is 19.5. The van der Waals surface area contributed by atoms with Gasteiger partial charge in [0.25, 0.3) is 0 Å². The van der Waals surface area contributed by atoms with Crippen molar-refractivity contribution in [1.82, 2.24) is 4.57 Å². The normalized spacial score (nSPS) is 15.0. The number of allylic oxidation sites excluding steroid dienone is 6. The SMILES string of the molecule is C=C/C=C1\C(=C/C)C(C)(C)c2cc(-c3ccc4c(c3)c3c(C=N/C(=C\C(=N)c5ccccc5)c5ccccc5)cccc3n4-c3ccccc3)ccc21.CS. The van der Waals surface area contributed by atoms with Crippen molar-refractivity contribution in [2.75, 3.05) is 6.26 Å². The van der Waals surface area contributed by atoms with Gasteiger partial charge in [0.2, 0.25) is 0 Å². The summed E-state index contributed by atoms with van der Waals surface area (Å²) in [6, 6.07) is 50.7. The van der Waals surface area contributed by atoms with Gasteiger partial charge in [0.05, 0.1) is 22.4 Å². The number of hydrogen-bond donors (Lipinski definition) is 2. The van der Waals surface area contributed by atoms with E-state index in [9.17, 15) is 0 Å². The van der Waals surface area contributed by atoms with Crippen LogP contribution in [0.5, 0.6) is 0 Å². The molecule has 0 amide bonds. The summed E-state index contributed by atoms with van der Waals surface area (Å²) in [5.41, 5.74) is 14.7. The topological polar surface area (TPSA) is 41.1 Å². The van der Waals surface area contributed by atoms with E-state index in [-0.39, 0.29) is 5.41 Å². The van der Waals surface area contributed by atoms with Crippen molar-refractivity contribution in [1.29, 1.82) is 5.41 Å². The molecule has 0 spiro atoms. The molecule has 270 valence electrons. The summed E-state index contributed by atoms with van der Waals surface area (Å²) >= 11 is 3.53. The monoisotopic (exact) mass is 731 g/mol. The molecule has 0 atom stereocenters. The molecule has 0 fully saturated rings. The van der Waals surface area contributed by atoms with E-state index >= 15 is 0 Å². The van der Waals surface area contributed by atoms with Crippen molar-refractivity contribution < 1.29 is 0 Å². The Morgan fingerprint density at radius 1 is 0.727 bits per heavy atom. The number of nitrogens with zero attached hydrogens (tertiary/aromatic N) is 2. The fraction of sp³-hybridized carbons (Fsp3) is 0.0980. The van der Waals surface area contributed by atoms with E-state index in [1.807, 2.05) is 79.0 Å². The molecule has 0 bridgehead atoms. The molecule has 0 radical (unpaired) electrons. The number of aromatic nitrogens is 1. The summed E-state index contributed by atoms with van der Waals surface area (Å²) in [6.07, 6.45) is 11.8. The van der Waals surface area contributed by atoms with Crippen LogP contribution < -0.4 is 0 Å². The van der Waals surface area contributed by atoms with E-state index in [0.29, 0.717) is 5.71 Å². The molecule has 1 aliphatic carbocycles. The molecule has 1 aromatic heterocycles. The molecule has 55 heavy (non-hydrogen) atoms. The standard InChI is InChI=1S/C50H41N3.CH4S/c1-5-17-40-41-28-26-37(31-44(41)50(3,4)43(40)6-2)36-27-29-47-42(30-36)49-38(22-16-25-48(49)53(47)39-23-14-9-15-24-39)33-52-46(35-20-12-8-13-21-35)32-45(51)34-18-10-7-11-19-34;1-2/h5-33,51H,1H2,2-4H3;2H,1H3/b40-17-,43-6+,46-32-,51-45?,52-33?;. The number of nitrogens with one attached hydrogen (secondary N) is 1. The molecule has 6 aromatic carbocycles. The average Bonchev–Trinajstić information content (AvgIpc) is 3.68. The Balaban J connectivity index is 0.00000229. The predicted octanol–water partition coefficient (Wildman–Crippen LogP) is 13.3. The van der Waals surface area contributed by atoms with Crippen molar-refractivity contribution in [2.45, 2.75) is 26.2 Å². The zero-order chi connectivity index (χ0) is 38.5. The maximum Gasteiger partial charge on any atom is 0.0723 e. The van der Waals surface area contributed by atoms with E-state index < -0.39 is 0 Å². The third-order valence-corrected chi connectivity index (χ3v) is 10.5. The molecule has 1 aliphatic rings. The van der Waals surface area contributed by atoms with Crippen molar-refractivity contribution in [2.24, 2.45) is 4.99 Å². The zero-order valence-corrected chi connectivity index (χ0v) is 32.7. The van der Waals surface area contributed by atoms with Crippen molar-refractivity contribution in [3.8, 4) is 16.8 Å². The van der Waals surface area contributed by atoms with Crippen molar-refractivity contribution in [3.63, 3.8) is 0 Å². The average molecular weight is 732 g/mol. The summed E-state index contributed by atoms with van der Waals surface area (Å²) in [5, 5.41) is 11.2. The lowest BCUT2D eigenvalue weighted by molar-refractivity contribution is 0.660. The first kappa shape index (κ1) is 37.1. The first-order chi connectivity index (χ1) is 26.9. The van der Waals surface area contributed by atoms with Gasteiger partial charge < -0.3 is 9.98 Å². The van der Waals surface area contributed by atoms with Gasteiger partial charge in [-0.15, -0.1) is 0 Å². The van der Waals surface area contributed by atoms with Gasteiger partial charge in [-0.2, -0.15) is 12.6 Å². The molecule has 3 nitrogen and oxygen atoms in total. The fourth-order valence-corrected chi connectivity index (χ4v) is 7.94. The van der Waals surface area contributed by atoms with Crippen LogP contribution in [0.4, 0.5) is 0 Å². The Morgan fingerprint density at radius 3 is 2.04 bits per heavy atom. The minimum Gasteiger partial charge on any atom is -0.309 e. The second-order valence-corrected chi connectivity index (χ2v) is 14.0. The lowest BCUT2D eigenvalue weighted by Crippen LogP contribution is -2.15. The van der Waals surface area contributed by atoms with Gasteiger partial charge >= 0.3 is 0 Å². The lowest BCUT2D eigenvalue weighted by atomic mass is 9.81. The van der Waals surface area contributed by atoms with Crippen LogP contribution in [-0.2, 0) is 5.41 Å². The van der Waals surface area contributed by atoms with Gasteiger partial charge in [-0.05, 0) is 94.6 Å². The Kier molecular flexibility index (Phi) is 10.8. The number of benzene rings is 6. The van der Waals surface area contributed by atoms with Gasteiger partial charge in [0, 0.05) is 39.2 Å². The fourth-order valence-electron chi connectivity index (χ4n) is 7.94. The maximum absolute atomic E-state index is 8.90. The van der Waals surface area contributed by atoms with Crippen LogP contribution in [0.25, 0.3) is 49.9 Å². The van der Waals surface area contributed by atoms with Crippen LogP contribution in [0.15, 0.2) is 187 Å². The third kappa shape index (κ3) is 6.98. The van der Waals surface area contributed by atoms with Crippen molar-refractivity contribution >= 4 is 57.6 Å². The van der Waals surface area contributed by atoms with Gasteiger partial charge in [0.15, 0.2) is 0 Å². The molecule has 0 saturated carbocycles. The smallest absolute Gasteiger partial charge is 0.0723 e. The molecule has 0 aliphatic heterocycles. The number of thiol groups is 1. The quantitative estimate of drug-likeness (QED) is 0.115. The van der Waals surface area contributed by atoms with Crippen LogP contribution in [-0.4, -0.2) is 22.7 Å². The second kappa shape index (κ2) is 16.0. The third-order valence-electron chi connectivity index (χ3n) is 10.5. The highest BCUT2D eigenvalue weighted by Crippen LogP contribution is 2.50. The number of hydrogen-bond acceptors (Lipinski definition) is 3.